The lowest BCUT2D eigenvalue weighted by Gasteiger charge is -2.11. The zero-order valence-corrected chi connectivity index (χ0v) is 15.9. The van der Waals surface area contributed by atoms with Gasteiger partial charge in [-0.1, -0.05) is 18.1 Å². The number of pyridine rings is 1. The van der Waals surface area contributed by atoms with Crippen LogP contribution >= 0.6 is 0 Å². The van der Waals surface area contributed by atoms with E-state index in [4.69, 9.17) is 6.42 Å². The van der Waals surface area contributed by atoms with E-state index in [0.29, 0.717) is 22.5 Å². The number of nitrogens with zero attached hydrogens (tertiary/aromatic N) is 3. The minimum absolute atomic E-state index is 0.178. The van der Waals surface area contributed by atoms with Crippen LogP contribution in [0, 0.1) is 12.3 Å². The molecular formula is C25H16N4O. The van der Waals surface area contributed by atoms with Crippen LogP contribution < -0.4 is 5.56 Å². The average molecular weight is 388 g/mol. The number of aromatic amines is 1. The quantitative estimate of drug-likeness (QED) is 0.466. The predicted molar refractivity (Wildman–Crippen MR) is 120 cm³/mol. The smallest absolute Gasteiger partial charge is 0.267 e. The molecule has 1 N–H and O–H groups in total. The Morgan fingerprint density at radius 2 is 1.90 bits per heavy atom. The fourth-order valence-corrected chi connectivity index (χ4v) is 3.45. The van der Waals surface area contributed by atoms with Gasteiger partial charge in [0.15, 0.2) is 5.65 Å². The van der Waals surface area contributed by atoms with E-state index < -0.39 is 0 Å². The number of fused-ring (bicyclic) bond motifs is 2. The molecule has 0 aliphatic carbocycles. The molecule has 2 aromatic carbocycles. The van der Waals surface area contributed by atoms with Crippen LogP contribution in [0.25, 0.3) is 39.8 Å². The lowest BCUT2D eigenvalue weighted by Crippen LogP contribution is -2.22. The van der Waals surface area contributed by atoms with Crippen molar-refractivity contribution in [2.75, 3.05) is 0 Å². The molecule has 0 unspecified atom stereocenters. The number of nitrogens with one attached hydrogen (secondary N) is 1. The Kier molecular flexibility index (Phi) is 4.23. The summed E-state index contributed by atoms with van der Waals surface area (Å²) in [5, 5.41) is 1.58. The molecule has 5 rings (SSSR count). The standard InChI is InChI=1S/C25H16N4O/c1-2-17-5-9-20(10-6-17)29-23(28-24-21(25(29)30)4-3-14-27-24)12-8-18-7-11-22-19(16-18)13-15-26-22/h1,3-16,26H/b12-8+. The zero-order chi connectivity index (χ0) is 20.5. The number of hydrogen-bond acceptors (Lipinski definition) is 3. The molecule has 3 heterocycles. The van der Waals surface area contributed by atoms with Gasteiger partial charge in [-0.15, -0.1) is 6.42 Å². The first-order chi connectivity index (χ1) is 14.7. The third-order valence-electron chi connectivity index (χ3n) is 4.96. The molecule has 0 atom stereocenters. The second-order valence-corrected chi connectivity index (χ2v) is 6.83. The molecule has 0 aliphatic heterocycles. The number of hydrogen-bond donors (Lipinski definition) is 1. The van der Waals surface area contributed by atoms with Crippen LogP contribution in [-0.2, 0) is 0 Å². The molecule has 0 bridgehead atoms. The Morgan fingerprint density at radius 3 is 2.73 bits per heavy atom. The summed E-state index contributed by atoms with van der Waals surface area (Å²) in [6.07, 6.45) is 12.8. The summed E-state index contributed by atoms with van der Waals surface area (Å²) in [7, 11) is 0. The van der Waals surface area contributed by atoms with Crippen molar-refractivity contribution in [2.24, 2.45) is 0 Å². The van der Waals surface area contributed by atoms with Crippen LogP contribution in [0.2, 0.25) is 0 Å². The van der Waals surface area contributed by atoms with Crippen molar-refractivity contribution in [1.82, 2.24) is 19.5 Å². The van der Waals surface area contributed by atoms with Gasteiger partial charge in [0.25, 0.3) is 5.56 Å². The first kappa shape index (κ1) is 17.7. The fraction of sp³-hybridized carbons (Fsp3) is 0. The lowest BCUT2D eigenvalue weighted by atomic mass is 10.1. The monoisotopic (exact) mass is 388 g/mol. The molecule has 0 radical (unpaired) electrons. The molecule has 5 aromatic rings. The van der Waals surface area contributed by atoms with Crippen LogP contribution in [0.15, 0.2) is 77.9 Å². The molecule has 30 heavy (non-hydrogen) atoms. The molecule has 5 heteroatoms. The molecule has 0 amide bonds. The van der Waals surface area contributed by atoms with Gasteiger partial charge in [-0.25, -0.2) is 9.97 Å². The highest BCUT2D eigenvalue weighted by Crippen LogP contribution is 2.18. The van der Waals surface area contributed by atoms with E-state index in [1.54, 1.807) is 22.9 Å². The maximum atomic E-state index is 13.3. The molecule has 5 nitrogen and oxygen atoms in total. The molecule has 0 saturated heterocycles. The lowest BCUT2D eigenvalue weighted by molar-refractivity contribution is 0.937. The second kappa shape index (κ2) is 7.19. The normalized spacial score (nSPS) is 11.3. The fourth-order valence-electron chi connectivity index (χ4n) is 3.45. The molecule has 0 spiro atoms. The third kappa shape index (κ3) is 3.07. The highest BCUT2D eigenvalue weighted by atomic mass is 16.1. The van der Waals surface area contributed by atoms with Gasteiger partial charge in [0, 0.05) is 23.5 Å². The van der Waals surface area contributed by atoms with Gasteiger partial charge in [0.2, 0.25) is 0 Å². The topological polar surface area (TPSA) is 63.6 Å². The van der Waals surface area contributed by atoms with Gasteiger partial charge in [-0.3, -0.25) is 9.36 Å². The summed E-state index contributed by atoms with van der Waals surface area (Å²) < 4.78 is 1.58. The molecular weight excluding hydrogens is 372 g/mol. The Morgan fingerprint density at radius 1 is 1.03 bits per heavy atom. The van der Waals surface area contributed by atoms with Crippen molar-refractivity contribution in [2.45, 2.75) is 0 Å². The minimum atomic E-state index is -0.178. The Bertz CT molecular complexity index is 1520. The van der Waals surface area contributed by atoms with E-state index in [9.17, 15) is 4.79 Å². The number of benzene rings is 2. The predicted octanol–water partition coefficient (Wildman–Crippen LogP) is 4.41. The van der Waals surface area contributed by atoms with Gasteiger partial charge in [0.05, 0.1) is 11.1 Å². The summed E-state index contributed by atoms with van der Waals surface area (Å²) >= 11 is 0. The summed E-state index contributed by atoms with van der Waals surface area (Å²) in [6.45, 7) is 0. The van der Waals surface area contributed by atoms with Crippen molar-refractivity contribution in [3.8, 4) is 18.0 Å². The van der Waals surface area contributed by atoms with Gasteiger partial charge < -0.3 is 4.98 Å². The van der Waals surface area contributed by atoms with E-state index in [0.717, 1.165) is 22.0 Å². The van der Waals surface area contributed by atoms with Crippen LogP contribution in [0.4, 0.5) is 0 Å². The average Bonchev–Trinajstić information content (AvgIpc) is 3.26. The second-order valence-electron chi connectivity index (χ2n) is 6.83. The summed E-state index contributed by atoms with van der Waals surface area (Å²) in [5.74, 6) is 3.09. The van der Waals surface area contributed by atoms with Gasteiger partial charge in [-0.2, -0.15) is 0 Å². The van der Waals surface area contributed by atoms with E-state index >= 15 is 0 Å². The molecule has 0 aliphatic rings. The van der Waals surface area contributed by atoms with Gasteiger partial charge in [0.1, 0.15) is 5.82 Å². The van der Waals surface area contributed by atoms with Crippen molar-refractivity contribution in [3.05, 3.63) is 100 Å². The molecule has 3 aromatic heterocycles. The van der Waals surface area contributed by atoms with E-state index in [1.807, 2.05) is 60.8 Å². The highest BCUT2D eigenvalue weighted by molar-refractivity contribution is 5.84. The van der Waals surface area contributed by atoms with Crippen LogP contribution in [0.5, 0.6) is 0 Å². The van der Waals surface area contributed by atoms with E-state index in [1.165, 1.54) is 0 Å². The Labute approximate surface area is 172 Å². The van der Waals surface area contributed by atoms with Crippen molar-refractivity contribution in [3.63, 3.8) is 0 Å². The van der Waals surface area contributed by atoms with Crippen molar-refractivity contribution in [1.29, 1.82) is 0 Å². The Balaban J connectivity index is 1.69. The molecule has 0 saturated carbocycles. The van der Waals surface area contributed by atoms with E-state index in [2.05, 4.69) is 26.9 Å². The van der Waals surface area contributed by atoms with Crippen molar-refractivity contribution < 1.29 is 0 Å². The first-order valence-corrected chi connectivity index (χ1v) is 9.43. The SMILES string of the molecule is C#Cc1ccc(-n2c(/C=C/c3ccc4[nH]ccc4c3)nc3ncccc3c2=O)cc1. The zero-order valence-electron chi connectivity index (χ0n) is 15.9. The summed E-state index contributed by atoms with van der Waals surface area (Å²) in [5.41, 5.74) is 3.76. The van der Waals surface area contributed by atoms with Crippen molar-refractivity contribution >= 4 is 34.1 Å². The third-order valence-corrected chi connectivity index (χ3v) is 4.96. The maximum absolute atomic E-state index is 13.3. The van der Waals surface area contributed by atoms with Gasteiger partial charge >= 0.3 is 0 Å². The largest absolute Gasteiger partial charge is 0.361 e. The van der Waals surface area contributed by atoms with E-state index in [-0.39, 0.29) is 5.56 Å². The Hall–Kier alpha value is -4.43. The summed E-state index contributed by atoms with van der Waals surface area (Å²) in [6, 6.07) is 18.9. The summed E-state index contributed by atoms with van der Waals surface area (Å²) in [4.78, 5) is 25.3. The number of aromatic nitrogens is 4. The first-order valence-electron chi connectivity index (χ1n) is 9.43. The highest BCUT2D eigenvalue weighted by Gasteiger charge is 2.11. The molecule has 142 valence electrons. The van der Waals surface area contributed by atoms with Crippen LogP contribution in [-0.4, -0.2) is 19.5 Å². The number of rotatable bonds is 3. The minimum Gasteiger partial charge on any atom is -0.361 e. The number of terminal acetylenes is 1. The maximum Gasteiger partial charge on any atom is 0.267 e. The number of H-pyrrole nitrogens is 1. The van der Waals surface area contributed by atoms with Gasteiger partial charge in [-0.05, 0) is 71.6 Å². The molecule has 0 fully saturated rings. The van der Waals surface area contributed by atoms with Crippen LogP contribution in [0.1, 0.15) is 17.0 Å². The van der Waals surface area contributed by atoms with Crippen LogP contribution in [0.3, 0.4) is 0 Å².